The monoisotopic (exact) mass is 410 g/mol. The zero-order valence-corrected chi connectivity index (χ0v) is 17.1. The van der Waals surface area contributed by atoms with Gasteiger partial charge in [-0.05, 0) is 31.9 Å². The molecule has 0 radical (unpaired) electrons. The Labute approximate surface area is 171 Å². The summed E-state index contributed by atoms with van der Waals surface area (Å²) in [5.74, 6) is 0.538. The number of thioether (sulfide) groups is 1. The minimum atomic E-state index is -0.000236. The molecule has 0 bridgehead atoms. The second-order valence-electron chi connectivity index (χ2n) is 6.53. The number of hydrogen-bond donors (Lipinski definition) is 0. The Morgan fingerprint density at radius 1 is 1.36 bits per heavy atom. The summed E-state index contributed by atoms with van der Waals surface area (Å²) < 4.78 is 2.58. The molecule has 1 fully saturated rings. The van der Waals surface area contributed by atoms with Crippen LogP contribution in [0.1, 0.15) is 36.7 Å². The van der Waals surface area contributed by atoms with Crippen molar-refractivity contribution in [2.24, 2.45) is 0 Å². The average molecular weight is 411 g/mol. The van der Waals surface area contributed by atoms with E-state index in [2.05, 4.69) is 21.4 Å². The fourth-order valence-corrected chi connectivity index (χ4v) is 4.96. The Bertz CT molecular complexity index is 1050. The molecule has 9 heteroatoms. The molecule has 1 aliphatic rings. The molecule has 7 nitrogen and oxygen atoms in total. The van der Waals surface area contributed by atoms with E-state index in [1.807, 2.05) is 41.9 Å². The van der Waals surface area contributed by atoms with Crippen LogP contribution < -0.4 is 4.90 Å². The van der Waals surface area contributed by atoms with E-state index >= 15 is 0 Å². The van der Waals surface area contributed by atoms with Gasteiger partial charge in [0.25, 0.3) is 0 Å². The maximum Gasteiger partial charge on any atom is 0.225 e. The van der Waals surface area contributed by atoms with E-state index in [0.717, 1.165) is 28.6 Å². The molecule has 4 rings (SSSR count). The van der Waals surface area contributed by atoms with E-state index < -0.39 is 0 Å². The van der Waals surface area contributed by atoms with Gasteiger partial charge in [0, 0.05) is 18.7 Å². The third kappa shape index (κ3) is 3.66. The first-order valence-corrected chi connectivity index (χ1v) is 10.7. The highest BCUT2D eigenvalue weighted by Crippen LogP contribution is 2.37. The van der Waals surface area contributed by atoms with Crippen molar-refractivity contribution in [2.75, 3.05) is 4.90 Å². The number of nitriles is 1. The number of para-hydroxylation sites is 1. The SMILES string of the molecule is CC(=O)N(c1nnc(SCc2c(C#N)c(C)nn2-c2ccccc2)s1)C1CC1. The quantitative estimate of drug-likeness (QED) is 0.455. The Morgan fingerprint density at radius 2 is 2.11 bits per heavy atom. The highest BCUT2D eigenvalue weighted by molar-refractivity contribution is 8.00. The zero-order valence-electron chi connectivity index (χ0n) is 15.5. The molecule has 3 aromatic rings. The summed E-state index contributed by atoms with van der Waals surface area (Å²) in [5.41, 5.74) is 3.04. The predicted molar refractivity (Wildman–Crippen MR) is 109 cm³/mol. The second-order valence-corrected chi connectivity index (χ2v) is 8.70. The van der Waals surface area contributed by atoms with Crippen LogP contribution >= 0.6 is 23.1 Å². The predicted octanol–water partition coefficient (Wildman–Crippen LogP) is 3.71. The minimum absolute atomic E-state index is 0.000236. The Balaban J connectivity index is 1.57. The van der Waals surface area contributed by atoms with Crippen LogP contribution in [-0.2, 0) is 10.5 Å². The summed E-state index contributed by atoms with van der Waals surface area (Å²) in [4.78, 5) is 13.6. The van der Waals surface area contributed by atoms with Crippen LogP contribution in [0.5, 0.6) is 0 Å². The number of amides is 1. The number of carbonyl (C=O) groups is 1. The molecule has 28 heavy (non-hydrogen) atoms. The highest BCUT2D eigenvalue weighted by Gasteiger charge is 2.34. The molecule has 142 valence electrons. The molecule has 2 heterocycles. The van der Waals surface area contributed by atoms with Crippen molar-refractivity contribution in [2.45, 2.75) is 42.8 Å². The van der Waals surface area contributed by atoms with Crippen LogP contribution in [0.4, 0.5) is 5.13 Å². The summed E-state index contributed by atoms with van der Waals surface area (Å²) in [7, 11) is 0. The van der Waals surface area contributed by atoms with Gasteiger partial charge in [0.15, 0.2) is 4.34 Å². The van der Waals surface area contributed by atoms with Gasteiger partial charge in [-0.2, -0.15) is 10.4 Å². The number of aromatic nitrogens is 4. The summed E-state index contributed by atoms with van der Waals surface area (Å²) in [6.45, 7) is 3.41. The van der Waals surface area contributed by atoms with Crippen LogP contribution in [0, 0.1) is 18.3 Å². The maximum atomic E-state index is 11.9. The van der Waals surface area contributed by atoms with E-state index in [4.69, 9.17) is 0 Å². The van der Waals surface area contributed by atoms with Gasteiger partial charge < -0.3 is 0 Å². The number of hydrogen-bond acceptors (Lipinski definition) is 7. The van der Waals surface area contributed by atoms with Crippen molar-refractivity contribution < 1.29 is 4.79 Å². The van der Waals surface area contributed by atoms with Crippen molar-refractivity contribution in [3.05, 3.63) is 47.3 Å². The van der Waals surface area contributed by atoms with Gasteiger partial charge in [-0.1, -0.05) is 41.3 Å². The minimum Gasteiger partial charge on any atom is -0.284 e. The number of nitrogens with zero attached hydrogens (tertiary/aromatic N) is 6. The number of anilines is 1. The maximum absolute atomic E-state index is 11.9. The van der Waals surface area contributed by atoms with E-state index in [1.165, 1.54) is 23.1 Å². The van der Waals surface area contributed by atoms with Crippen molar-refractivity contribution in [1.82, 2.24) is 20.0 Å². The van der Waals surface area contributed by atoms with Crippen molar-refractivity contribution in [1.29, 1.82) is 5.26 Å². The molecular weight excluding hydrogens is 392 g/mol. The Morgan fingerprint density at radius 3 is 2.75 bits per heavy atom. The molecule has 1 aliphatic carbocycles. The van der Waals surface area contributed by atoms with E-state index in [0.29, 0.717) is 22.1 Å². The molecule has 1 saturated carbocycles. The molecular formula is C19H18N6OS2. The first kappa shape index (κ1) is 18.7. The first-order valence-electron chi connectivity index (χ1n) is 8.88. The van der Waals surface area contributed by atoms with Gasteiger partial charge in [-0.3, -0.25) is 9.69 Å². The topological polar surface area (TPSA) is 87.7 Å². The van der Waals surface area contributed by atoms with Crippen LogP contribution in [0.25, 0.3) is 5.69 Å². The van der Waals surface area contributed by atoms with Crippen LogP contribution in [-0.4, -0.2) is 31.9 Å². The van der Waals surface area contributed by atoms with E-state index in [9.17, 15) is 10.1 Å². The van der Waals surface area contributed by atoms with E-state index in [-0.39, 0.29) is 11.9 Å². The lowest BCUT2D eigenvalue weighted by atomic mass is 10.2. The number of benzene rings is 1. The van der Waals surface area contributed by atoms with Crippen molar-refractivity contribution in [3.8, 4) is 11.8 Å². The lowest BCUT2D eigenvalue weighted by Gasteiger charge is -2.15. The molecule has 2 aromatic heterocycles. The van der Waals surface area contributed by atoms with Crippen LogP contribution in [0.2, 0.25) is 0 Å². The van der Waals surface area contributed by atoms with Crippen molar-refractivity contribution >= 4 is 34.1 Å². The van der Waals surface area contributed by atoms with Gasteiger partial charge in [-0.15, -0.1) is 10.2 Å². The van der Waals surface area contributed by atoms with Crippen LogP contribution in [0.3, 0.4) is 0 Å². The van der Waals surface area contributed by atoms with Gasteiger partial charge in [-0.25, -0.2) is 4.68 Å². The normalized spacial score (nSPS) is 13.3. The molecule has 0 spiro atoms. The number of rotatable bonds is 6. The third-order valence-electron chi connectivity index (χ3n) is 4.45. The lowest BCUT2D eigenvalue weighted by molar-refractivity contribution is -0.116. The Hall–Kier alpha value is -2.70. The Kier molecular flexibility index (Phi) is 5.15. The van der Waals surface area contributed by atoms with E-state index in [1.54, 1.807) is 11.8 Å². The largest absolute Gasteiger partial charge is 0.284 e. The van der Waals surface area contributed by atoms with Crippen LogP contribution in [0.15, 0.2) is 34.7 Å². The van der Waals surface area contributed by atoms with Gasteiger partial charge in [0.05, 0.1) is 22.6 Å². The van der Waals surface area contributed by atoms with Gasteiger partial charge >= 0.3 is 0 Å². The molecule has 1 amide bonds. The molecule has 0 aliphatic heterocycles. The molecule has 0 saturated heterocycles. The molecule has 0 unspecified atom stereocenters. The summed E-state index contributed by atoms with van der Waals surface area (Å²) >= 11 is 2.91. The zero-order chi connectivity index (χ0) is 19.7. The highest BCUT2D eigenvalue weighted by atomic mass is 32.2. The number of aryl methyl sites for hydroxylation is 1. The summed E-state index contributed by atoms with van der Waals surface area (Å²) in [6.07, 6.45) is 2.03. The smallest absolute Gasteiger partial charge is 0.225 e. The van der Waals surface area contributed by atoms with Gasteiger partial charge in [0.1, 0.15) is 6.07 Å². The lowest BCUT2D eigenvalue weighted by Crippen LogP contribution is -2.30. The number of carbonyl (C=O) groups excluding carboxylic acids is 1. The van der Waals surface area contributed by atoms with Crippen molar-refractivity contribution in [3.63, 3.8) is 0 Å². The van der Waals surface area contributed by atoms with Gasteiger partial charge in [0.2, 0.25) is 11.0 Å². The fourth-order valence-electron chi connectivity index (χ4n) is 3.01. The second kappa shape index (κ2) is 7.73. The average Bonchev–Trinajstić information content (AvgIpc) is 3.31. The summed E-state index contributed by atoms with van der Waals surface area (Å²) in [6, 6.07) is 12.3. The third-order valence-corrected chi connectivity index (χ3v) is 6.52. The molecule has 0 N–H and O–H groups in total. The molecule has 1 aromatic carbocycles. The molecule has 0 atom stereocenters. The first-order chi connectivity index (χ1) is 13.6. The summed E-state index contributed by atoms with van der Waals surface area (Å²) in [5, 5.41) is 23.2. The fraction of sp³-hybridized carbons (Fsp3) is 0.316. The standard InChI is InChI=1S/C19H18N6OS2/c1-12-16(10-20)17(25(23-12)15-6-4-3-5-7-15)11-27-19-22-21-18(28-19)24(13(2)26)14-8-9-14/h3-7,14H,8-9,11H2,1-2H3.